The summed E-state index contributed by atoms with van der Waals surface area (Å²) in [4.78, 5) is 4.99. The van der Waals surface area contributed by atoms with E-state index < -0.39 is 6.29 Å². The van der Waals surface area contributed by atoms with E-state index in [-0.39, 0.29) is 24.7 Å². The SMILES string of the molecule is Nc1cccc(C2O[C@H](CSc3nc(-c4ccccc4)c(-c4ccccc4)o3)[C@@H](c3ccccc3)[C@H](c3ccc(CO)cc3)O2)c1. The minimum absolute atomic E-state index is 0.0195. The summed E-state index contributed by atoms with van der Waals surface area (Å²) in [5, 5.41) is 10.3. The fourth-order valence-electron chi connectivity index (χ4n) is 5.95. The number of aliphatic hydroxyl groups is 1. The largest absolute Gasteiger partial charge is 0.431 e. The molecule has 1 aliphatic rings. The molecule has 7 heteroatoms. The minimum Gasteiger partial charge on any atom is -0.431 e. The van der Waals surface area contributed by atoms with E-state index >= 15 is 0 Å². The number of rotatable bonds is 9. The Balaban J connectivity index is 1.26. The monoisotopic (exact) mass is 626 g/mol. The van der Waals surface area contributed by atoms with Crippen LogP contribution in [0.1, 0.15) is 40.6 Å². The first kappa shape index (κ1) is 30.0. The fraction of sp³-hybridized carbons (Fsp3) is 0.154. The number of aromatic nitrogens is 1. The first-order chi connectivity index (χ1) is 22.7. The molecule has 1 saturated heterocycles. The first-order valence-corrected chi connectivity index (χ1v) is 16.3. The molecule has 1 aromatic heterocycles. The van der Waals surface area contributed by atoms with E-state index in [4.69, 9.17) is 24.6 Å². The Bertz CT molecular complexity index is 1810. The lowest BCUT2D eigenvalue weighted by Gasteiger charge is -2.43. The molecular formula is C39H34N2O4S. The van der Waals surface area contributed by atoms with Crippen molar-refractivity contribution in [2.24, 2.45) is 0 Å². The van der Waals surface area contributed by atoms with Gasteiger partial charge in [-0.25, -0.2) is 4.98 Å². The van der Waals surface area contributed by atoms with Gasteiger partial charge in [-0.1, -0.05) is 139 Å². The standard InChI is InChI=1S/C39H34N2O4S/c40-32-18-10-17-31(23-32)38-43-33(34(27-11-4-1-5-12-27)36(44-38)30-21-19-26(24-42)20-22-30)25-46-39-41-35(28-13-6-2-7-14-28)37(45-39)29-15-8-3-9-16-29/h1-23,33-34,36,38,42H,24-25,40H2/t33-,34-,36+,38?/m1/s1. The molecule has 1 aliphatic heterocycles. The zero-order valence-corrected chi connectivity index (χ0v) is 25.9. The fourth-order valence-corrected chi connectivity index (χ4v) is 6.84. The van der Waals surface area contributed by atoms with Gasteiger partial charge in [-0.3, -0.25) is 0 Å². The number of nitrogens with zero attached hydrogens (tertiary/aromatic N) is 1. The number of hydrogen-bond donors (Lipinski definition) is 2. The molecule has 230 valence electrons. The van der Waals surface area contributed by atoms with E-state index in [1.807, 2.05) is 115 Å². The lowest BCUT2D eigenvalue weighted by atomic mass is 9.84. The normalized spacial score (nSPS) is 19.6. The summed E-state index contributed by atoms with van der Waals surface area (Å²) in [7, 11) is 0. The van der Waals surface area contributed by atoms with E-state index in [1.165, 1.54) is 11.8 Å². The minimum atomic E-state index is -0.638. The Hall–Kier alpha value is -4.66. The second kappa shape index (κ2) is 13.8. The maximum Gasteiger partial charge on any atom is 0.256 e. The lowest BCUT2D eigenvalue weighted by molar-refractivity contribution is -0.255. The van der Waals surface area contributed by atoms with Gasteiger partial charge in [0, 0.05) is 34.0 Å². The van der Waals surface area contributed by atoms with Crippen LogP contribution in [0.3, 0.4) is 0 Å². The van der Waals surface area contributed by atoms with E-state index in [0.717, 1.165) is 44.8 Å². The highest BCUT2D eigenvalue weighted by atomic mass is 32.2. The van der Waals surface area contributed by atoms with Crippen molar-refractivity contribution in [2.75, 3.05) is 11.5 Å². The molecule has 4 atom stereocenters. The van der Waals surface area contributed by atoms with Crippen molar-refractivity contribution in [2.45, 2.75) is 36.2 Å². The summed E-state index contributed by atoms with van der Waals surface area (Å²) in [5.41, 5.74) is 13.4. The number of anilines is 1. The molecule has 6 aromatic rings. The van der Waals surface area contributed by atoms with Gasteiger partial charge in [0.15, 0.2) is 12.1 Å². The van der Waals surface area contributed by atoms with Crippen LogP contribution in [-0.4, -0.2) is 21.9 Å². The van der Waals surface area contributed by atoms with Gasteiger partial charge in [0.1, 0.15) is 5.69 Å². The van der Waals surface area contributed by atoms with E-state index in [2.05, 4.69) is 24.3 Å². The van der Waals surface area contributed by atoms with Gasteiger partial charge < -0.3 is 24.7 Å². The highest BCUT2D eigenvalue weighted by molar-refractivity contribution is 7.99. The number of oxazole rings is 1. The average molecular weight is 627 g/mol. The third kappa shape index (κ3) is 6.50. The second-order valence-electron chi connectivity index (χ2n) is 11.3. The first-order valence-electron chi connectivity index (χ1n) is 15.3. The second-order valence-corrected chi connectivity index (χ2v) is 12.2. The molecule has 0 bridgehead atoms. The smallest absolute Gasteiger partial charge is 0.256 e. The summed E-state index contributed by atoms with van der Waals surface area (Å²) < 4.78 is 20.1. The molecule has 3 N–H and O–H groups in total. The third-order valence-electron chi connectivity index (χ3n) is 8.22. The summed E-state index contributed by atoms with van der Waals surface area (Å²) >= 11 is 1.54. The summed E-state index contributed by atoms with van der Waals surface area (Å²) in [6, 6.07) is 46.1. The number of hydrogen-bond acceptors (Lipinski definition) is 7. The lowest BCUT2D eigenvalue weighted by Crippen LogP contribution is -2.38. The van der Waals surface area contributed by atoms with Crippen molar-refractivity contribution in [3.8, 4) is 22.6 Å². The number of aliphatic hydroxyl groups excluding tert-OH is 1. The van der Waals surface area contributed by atoms with Crippen molar-refractivity contribution in [1.29, 1.82) is 0 Å². The molecule has 0 amide bonds. The van der Waals surface area contributed by atoms with Gasteiger partial charge in [-0.15, -0.1) is 0 Å². The Labute approximate surface area is 272 Å². The van der Waals surface area contributed by atoms with Gasteiger partial charge in [-0.2, -0.15) is 0 Å². The molecule has 7 rings (SSSR count). The number of benzene rings is 5. The molecule has 2 heterocycles. The van der Waals surface area contributed by atoms with Gasteiger partial charge in [0.05, 0.1) is 18.8 Å². The summed E-state index contributed by atoms with van der Waals surface area (Å²) in [6.07, 6.45) is -1.24. The summed E-state index contributed by atoms with van der Waals surface area (Å²) in [5.74, 6) is 1.17. The molecule has 0 spiro atoms. The molecule has 1 unspecified atom stereocenters. The van der Waals surface area contributed by atoms with Crippen LogP contribution in [-0.2, 0) is 16.1 Å². The zero-order chi connectivity index (χ0) is 31.3. The quantitative estimate of drug-likeness (QED) is 0.122. The maximum atomic E-state index is 9.69. The Kier molecular flexibility index (Phi) is 8.98. The van der Waals surface area contributed by atoms with Crippen molar-refractivity contribution in [3.05, 3.63) is 162 Å². The zero-order valence-electron chi connectivity index (χ0n) is 25.1. The van der Waals surface area contributed by atoms with Crippen molar-refractivity contribution in [1.82, 2.24) is 4.98 Å². The van der Waals surface area contributed by atoms with Crippen LogP contribution in [0.15, 0.2) is 149 Å². The summed E-state index contributed by atoms with van der Waals surface area (Å²) in [6.45, 7) is -0.0195. The van der Waals surface area contributed by atoms with E-state index in [9.17, 15) is 5.11 Å². The molecule has 5 aromatic carbocycles. The molecule has 1 fully saturated rings. The van der Waals surface area contributed by atoms with Crippen LogP contribution in [0.25, 0.3) is 22.6 Å². The van der Waals surface area contributed by atoms with Gasteiger partial charge >= 0.3 is 0 Å². The predicted molar refractivity (Wildman–Crippen MR) is 182 cm³/mol. The molecular weight excluding hydrogens is 593 g/mol. The van der Waals surface area contributed by atoms with Crippen LogP contribution < -0.4 is 5.73 Å². The van der Waals surface area contributed by atoms with Gasteiger partial charge in [-0.05, 0) is 28.8 Å². The van der Waals surface area contributed by atoms with Crippen LogP contribution in [0.4, 0.5) is 5.69 Å². The predicted octanol–water partition coefficient (Wildman–Crippen LogP) is 8.81. The maximum absolute atomic E-state index is 9.69. The van der Waals surface area contributed by atoms with Crippen LogP contribution in [0.5, 0.6) is 0 Å². The van der Waals surface area contributed by atoms with Crippen LogP contribution in [0.2, 0.25) is 0 Å². The number of nitrogens with two attached hydrogens (primary N) is 1. The highest BCUT2D eigenvalue weighted by Crippen LogP contribution is 2.48. The topological polar surface area (TPSA) is 90.7 Å². The van der Waals surface area contributed by atoms with E-state index in [1.54, 1.807) is 0 Å². The van der Waals surface area contributed by atoms with Crippen LogP contribution in [0, 0.1) is 0 Å². The van der Waals surface area contributed by atoms with Gasteiger partial charge in [0.2, 0.25) is 0 Å². The molecule has 0 aliphatic carbocycles. The molecule has 0 radical (unpaired) electrons. The third-order valence-corrected chi connectivity index (χ3v) is 9.13. The van der Waals surface area contributed by atoms with Crippen molar-refractivity contribution >= 4 is 17.4 Å². The molecule has 6 nitrogen and oxygen atoms in total. The Morgan fingerprint density at radius 1 is 0.674 bits per heavy atom. The Morgan fingerprint density at radius 3 is 2.00 bits per heavy atom. The van der Waals surface area contributed by atoms with Crippen LogP contribution >= 0.6 is 11.8 Å². The van der Waals surface area contributed by atoms with E-state index in [0.29, 0.717) is 16.7 Å². The van der Waals surface area contributed by atoms with Crippen molar-refractivity contribution < 1.29 is 19.0 Å². The molecule has 0 saturated carbocycles. The Morgan fingerprint density at radius 2 is 1.33 bits per heavy atom. The number of thioether (sulfide) groups is 1. The molecule has 46 heavy (non-hydrogen) atoms. The number of nitrogen functional groups attached to an aromatic ring is 1. The highest BCUT2D eigenvalue weighted by Gasteiger charge is 2.42. The number of ether oxygens (including phenoxy) is 2. The van der Waals surface area contributed by atoms with Gasteiger partial charge in [0.25, 0.3) is 5.22 Å². The average Bonchev–Trinajstić information content (AvgIpc) is 3.56. The van der Waals surface area contributed by atoms with Crippen molar-refractivity contribution in [3.63, 3.8) is 0 Å².